The predicted molar refractivity (Wildman–Crippen MR) is 131 cm³/mol. The van der Waals surface area contributed by atoms with Crippen molar-refractivity contribution < 1.29 is 24.2 Å². The summed E-state index contributed by atoms with van der Waals surface area (Å²) in [5, 5.41) is 15.0. The maximum atomic E-state index is 13.1. The minimum atomic E-state index is -1.08. The molecule has 0 spiro atoms. The van der Waals surface area contributed by atoms with Crippen molar-refractivity contribution in [1.29, 1.82) is 0 Å². The van der Waals surface area contributed by atoms with Crippen molar-refractivity contribution >= 4 is 23.5 Å². The first kappa shape index (κ1) is 25.3. The monoisotopic (exact) mass is 466 g/mol. The fourth-order valence-corrected chi connectivity index (χ4v) is 4.45. The lowest BCUT2D eigenvalue weighted by atomic mass is 9.97. The highest BCUT2D eigenvalue weighted by Crippen LogP contribution is 2.35. The number of carboxylic acids is 1. The maximum absolute atomic E-state index is 13.1. The number of aryl methyl sites for hydroxylation is 2. The number of ether oxygens (including phenoxy) is 1. The topological polar surface area (TPSA) is 105 Å². The van der Waals surface area contributed by atoms with Crippen molar-refractivity contribution in [3.63, 3.8) is 0 Å². The average molecular weight is 467 g/mol. The summed E-state index contributed by atoms with van der Waals surface area (Å²) in [7, 11) is 0. The second-order valence-electron chi connectivity index (χ2n) is 9.58. The highest BCUT2D eigenvalue weighted by Gasteiger charge is 2.45. The van der Waals surface area contributed by atoms with Gasteiger partial charge in [-0.2, -0.15) is 0 Å². The molecule has 3 rings (SSSR count). The van der Waals surface area contributed by atoms with Crippen LogP contribution in [0.15, 0.2) is 42.5 Å². The van der Waals surface area contributed by atoms with E-state index in [1.54, 1.807) is 26.0 Å². The highest BCUT2D eigenvalue weighted by atomic mass is 16.5. The molecule has 0 heterocycles. The summed E-state index contributed by atoms with van der Waals surface area (Å²) in [6, 6.07) is 12.1. The number of rotatable bonds is 9. The number of carbonyl (C=O) groups is 3. The highest BCUT2D eigenvalue weighted by molar-refractivity contribution is 5.92. The Balaban J connectivity index is 1.65. The van der Waals surface area contributed by atoms with Crippen LogP contribution in [0, 0.1) is 19.8 Å². The molecule has 182 valence electrons. The molecule has 1 atom stereocenters. The lowest BCUT2D eigenvalue weighted by Gasteiger charge is -2.31. The number of aliphatic carboxylic acids is 1. The number of anilines is 1. The summed E-state index contributed by atoms with van der Waals surface area (Å²) in [6.45, 7) is 7.50. The van der Waals surface area contributed by atoms with Crippen LogP contribution < -0.4 is 15.4 Å². The minimum Gasteiger partial charge on any atom is -0.480 e. The number of amides is 2. The zero-order chi connectivity index (χ0) is 24.9. The molecule has 1 aliphatic carbocycles. The molecule has 1 saturated carbocycles. The van der Waals surface area contributed by atoms with Gasteiger partial charge < -0.3 is 20.5 Å². The Labute approximate surface area is 200 Å². The molecule has 0 unspecified atom stereocenters. The third-order valence-corrected chi connectivity index (χ3v) is 6.15. The summed E-state index contributed by atoms with van der Waals surface area (Å²) >= 11 is 0. The molecular weight excluding hydrogens is 432 g/mol. The average Bonchev–Trinajstić information content (AvgIpc) is 3.21. The third kappa shape index (κ3) is 6.37. The van der Waals surface area contributed by atoms with Crippen molar-refractivity contribution in [2.75, 3.05) is 5.32 Å². The summed E-state index contributed by atoms with van der Waals surface area (Å²) in [5.74, 6) is -1.28. The largest absolute Gasteiger partial charge is 0.480 e. The molecule has 1 aliphatic rings. The van der Waals surface area contributed by atoms with Crippen LogP contribution in [0.5, 0.6) is 5.75 Å². The molecule has 0 aromatic heterocycles. The summed E-state index contributed by atoms with van der Waals surface area (Å²) in [6.07, 6.45) is 2.95. The van der Waals surface area contributed by atoms with Crippen molar-refractivity contribution in [3.05, 3.63) is 59.2 Å². The lowest BCUT2D eigenvalue weighted by Crippen LogP contribution is -2.55. The molecule has 3 N–H and O–H groups in total. The molecule has 0 saturated heterocycles. The normalized spacial score (nSPS) is 15.6. The van der Waals surface area contributed by atoms with Crippen LogP contribution in [0.3, 0.4) is 0 Å². The van der Waals surface area contributed by atoms with E-state index in [-0.39, 0.29) is 24.2 Å². The van der Waals surface area contributed by atoms with Gasteiger partial charge in [-0.05, 0) is 86.4 Å². The van der Waals surface area contributed by atoms with E-state index in [2.05, 4.69) is 16.7 Å². The molecule has 2 aromatic rings. The second kappa shape index (κ2) is 10.7. The Morgan fingerprint density at radius 1 is 1.00 bits per heavy atom. The molecule has 0 bridgehead atoms. The molecule has 0 radical (unpaired) electrons. The first-order valence-corrected chi connectivity index (χ1v) is 11.8. The van der Waals surface area contributed by atoms with Gasteiger partial charge in [-0.3, -0.25) is 9.59 Å². The van der Waals surface area contributed by atoms with E-state index in [9.17, 15) is 19.5 Å². The van der Waals surface area contributed by atoms with Gasteiger partial charge in [-0.25, -0.2) is 4.79 Å². The number of benzene rings is 2. The number of carboxylic acid groups (broad SMARTS) is 1. The van der Waals surface area contributed by atoms with Crippen molar-refractivity contribution in [1.82, 2.24) is 5.32 Å². The molecule has 0 aliphatic heterocycles. The first-order chi connectivity index (χ1) is 16.1. The zero-order valence-electron chi connectivity index (χ0n) is 20.3. The Morgan fingerprint density at radius 3 is 2.12 bits per heavy atom. The molecule has 34 heavy (non-hydrogen) atoms. The molecule has 7 nitrogen and oxygen atoms in total. The minimum absolute atomic E-state index is 0.112. The fourth-order valence-electron chi connectivity index (χ4n) is 4.45. The van der Waals surface area contributed by atoms with Crippen molar-refractivity contribution in [3.8, 4) is 5.75 Å². The van der Waals surface area contributed by atoms with Gasteiger partial charge in [0.2, 0.25) is 5.91 Å². The van der Waals surface area contributed by atoms with Crippen molar-refractivity contribution in [2.45, 2.75) is 71.4 Å². The van der Waals surface area contributed by atoms with E-state index in [0.29, 0.717) is 18.6 Å². The van der Waals surface area contributed by atoms with E-state index >= 15 is 0 Å². The summed E-state index contributed by atoms with van der Waals surface area (Å²) < 4.78 is 6.16. The molecule has 2 amide bonds. The first-order valence-electron chi connectivity index (χ1n) is 11.8. The van der Waals surface area contributed by atoms with Gasteiger partial charge in [0.05, 0.1) is 6.42 Å². The van der Waals surface area contributed by atoms with Gasteiger partial charge in [0.15, 0.2) is 5.60 Å². The molecule has 1 fully saturated rings. The fraction of sp³-hybridized carbons (Fsp3) is 0.444. The Morgan fingerprint density at radius 2 is 1.59 bits per heavy atom. The van der Waals surface area contributed by atoms with E-state index in [1.165, 1.54) is 0 Å². The maximum Gasteiger partial charge on any atom is 0.326 e. The lowest BCUT2D eigenvalue weighted by molar-refractivity contribution is -0.147. The Hall–Kier alpha value is -3.35. The third-order valence-electron chi connectivity index (χ3n) is 6.15. The van der Waals surface area contributed by atoms with Crippen LogP contribution in [0.2, 0.25) is 0 Å². The smallest absolute Gasteiger partial charge is 0.326 e. The van der Waals surface area contributed by atoms with Crippen LogP contribution in [0.25, 0.3) is 0 Å². The van der Waals surface area contributed by atoms with E-state index < -0.39 is 17.6 Å². The van der Waals surface area contributed by atoms with Gasteiger partial charge >= 0.3 is 5.97 Å². The van der Waals surface area contributed by atoms with Gasteiger partial charge in [0, 0.05) is 5.69 Å². The number of hydrogen-bond acceptors (Lipinski definition) is 4. The van der Waals surface area contributed by atoms with Gasteiger partial charge in [-0.1, -0.05) is 32.0 Å². The number of carbonyl (C=O) groups excluding carboxylic acids is 2. The van der Waals surface area contributed by atoms with Gasteiger partial charge in [-0.15, -0.1) is 0 Å². The number of nitrogens with one attached hydrogen (secondary N) is 2. The van der Waals surface area contributed by atoms with Crippen LogP contribution in [-0.4, -0.2) is 34.5 Å². The van der Waals surface area contributed by atoms with Crippen molar-refractivity contribution in [2.24, 2.45) is 5.92 Å². The predicted octanol–water partition coefficient (Wildman–Crippen LogP) is 4.40. The summed E-state index contributed by atoms with van der Waals surface area (Å²) in [5.41, 5.74) is 2.70. The van der Waals surface area contributed by atoms with E-state index in [1.807, 2.05) is 38.1 Å². The van der Waals surface area contributed by atoms with Gasteiger partial charge in [0.1, 0.15) is 11.8 Å². The standard InChI is InChI=1S/C27H34N2O5/c1-17(2)24(25(31)32)29-26(33)27(11-5-6-12-27)34-22-9-7-20(8-10-22)16-23(30)28-21-14-18(3)13-19(4)15-21/h7-10,13-15,17,24H,5-6,11-12,16H2,1-4H3,(H,28,30)(H,29,33)(H,31,32)/t24-/m0/s1. The zero-order valence-corrected chi connectivity index (χ0v) is 20.3. The van der Waals surface area contributed by atoms with Crippen LogP contribution in [0.4, 0.5) is 5.69 Å². The van der Waals surface area contributed by atoms with Crippen LogP contribution in [0.1, 0.15) is 56.2 Å². The molecule has 7 heteroatoms. The summed E-state index contributed by atoms with van der Waals surface area (Å²) in [4.78, 5) is 37.1. The number of hydrogen-bond donors (Lipinski definition) is 3. The second-order valence-corrected chi connectivity index (χ2v) is 9.58. The van der Waals surface area contributed by atoms with Crippen LogP contribution >= 0.6 is 0 Å². The van der Waals surface area contributed by atoms with E-state index in [0.717, 1.165) is 35.2 Å². The Bertz CT molecular complexity index is 1020. The molecule has 2 aromatic carbocycles. The van der Waals surface area contributed by atoms with Gasteiger partial charge in [0.25, 0.3) is 5.91 Å². The molecular formula is C27H34N2O5. The Kier molecular flexibility index (Phi) is 7.97. The SMILES string of the molecule is Cc1cc(C)cc(NC(=O)Cc2ccc(OC3(C(=O)N[C@H](C(=O)O)C(C)C)CCCC3)cc2)c1. The van der Waals surface area contributed by atoms with E-state index in [4.69, 9.17) is 4.74 Å². The quantitative estimate of drug-likeness (QED) is 0.508. The van der Waals surface area contributed by atoms with Crippen LogP contribution in [-0.2, 0) is 20.8 Å².